The number of urea groups is 1. The zero-order chi connectivity index (χ0) is 15.1. The monoisotopic (exact) mass is 290 g/mol. The Hall–Kier alpha value is -2.70. The third kappa shape index (κ3) is 4.72. The molecule has 2 aromatic rings. The molecule has 0 bridgehead atoms. The van der Waals surface area contributed by atoms with Gasteiger partial charge in [0.2, 0.25) is 0 Å². The number of carbonyl (C=O) groups is 1. The van der Waals surface area contributed by atoms with Gasteiger partial charge in [-0.15, -0.1) is 0 Å². The van der Waals surface area contributed by atoms with E-state index in [0.717, 1.165) is 0 Å². The van der Waals surface area contributed by atoms with Crippen molar-refractivity contribution in [3.8, 4) is 0 Å². The number of rotatable bonds is 5. The van der Waals surface area contributed by atoms with Gasteiger partial charge in [0.05, 0.1) is 0 Å². The van der Waals surface area contributed by atoms with E-state index in [4.69, 9.17) is 0 Å². The molecule has 0 fully saturated rings. The minimum atomic E-state index is -0.422. The van der Waals surface area contributed by atoms with Crippen LogP contribution in [0.2, 0.25) is 0 Å². The first-order valence-electron chi connectivity index (χ1n) is 6.48. The first-order chi connectivity index (χ1) is 10.1. The van der Waals surface area contributed by atoms with Crippen molar-refractivity contribution in [2.45, 2.75) is 13.0 Å². The van der Waals surface area contributed by atoms with Crippen LogP contribution in [0.4, 0.5) is 14.9 Å². The highest BCUT2D eigenvalue weighted by Crippen LogP contribution is 2.08. The molecule has 2 N–H and O–H groups in total. The molecular weight excluding hydrogens is 275 g/mol. The van der Waals surface area contributed by atoms with Gasteiger partial charge in [0.1, 0.15) is 5.82 Å². The highest BCUT2D eigenvalue weighted by molar-refractivity contribution is 5.89. The maximum absolute atomic E-state index is 12.9. The zero-order valence-corrected chi connectivity index (χ0v) is 11.3. The van der Waals surface area contributed by atoms with Crippen LogP contribution in [0.5, 0.6) is 0 Å². The summed E-state index contributed by atoms with van der Waals surface area (Å²) >= 11 is 0. The minimum Gasteiger partial charge on any atom is -0.338 e. The number of hydrogen-bond donors (Lipinski definition) is 2. The Bertz CT molecular complexity index is 672. The van der Waals surface area contributed by atoms with E-state index in [0.29, 0.717) is 25.2 Å². The van der Waals surface area contributed by atoms with E-state index in [9.17, 15) is 14.0 Å². The SMILES string of the molecule is O=C(NCCCn1ncccc1=O)Nc1cccc(F)c1. The molecule has 0 saturated heterocycles. The van der Waals surface area contributed by atoms with Gasteiger partial charge in [-0.25, -0.2) is 13.9 Å². The second-order valence-corrected chi connectivity index (χ2v) is 4.33. The molecule has 0 aliphatic carbocycles. The molecule has 0 atom stereocenters. The minimum absolute atomic E-state index is 0.179. The van der Waals surface area contributed by atoms with Crippen LogP contribution in [-0.4, -0.2) is 22.4 Å². The van der Waals surface area contributed by atoms with Crippen molar-refractivity contribution in [1.29, 1.82) is 0 Å². The highest BCUT2D eigenvalue weighted by Gasteiger charge is 2.02. The third-order valence-corrected chi connectivity index (χ3v) is 2.70. The van der Waals surface area contributed by atoms with E-state index < -0.39 is 11.8 Å². The summed E-state index contributed by atoms with van der Waals surface area (Å²) in [7, 11) is 0. The number of halogens is 1. The molecular formula is C14H15FN4O2. The Kier molecular flexibility index (Phi) is 5.03. The molecule has 2 rings (SSSR count). The molecule has 1 aromatic carbocycles. The smallest absolute Gasteiger partial charge is 0.319 e. The number of benzene rings is 1. The predicted molar refractivity (Wildman–Crippen MR) is 76.5 cm³/mol. The number of anilines is 1. The van der Waals surface area contributed by atoms with Crippen LogP contribution in [0.15, 0.2) is 47.4 Å². The van der Waals surface area contributed by atoms with Gasteiger partial charge in [0, 0.05) is 31.0 Å². The summed E-state index contributed by atoms with van der Waals surface area (Å²) in [6.45, 7) is 0.796. The highest BCUT2D eigenvalue weighted by atomic mass is 19.1. The number of nitrogens with one attached hydrogen (secondary N) is 2. The van der Waals surface area contributed by atoms with Crippen LogP contribution in [0.1, 0.15) is 6.42 Å². The van der Waals surface area contributed by atoms with Crippen molar-refractivity contribution in [2.75, 3.05) is 11.9 Å². The van der Waals surface area contributed by atoms with Gasteiger partial charge in [0.25, 0.3) is 5.56 Å². The van der Waals surface area contributed by atoms with Crippen LogP contribution in [0.3, 0.4) is 0 Å². The van der Waals surface area contributed by atoms with Crippen molar-refractivity contribution >= 4 is 11.7 Å². The molecule has 21 heavy (non-hydrogen) atoms. The van der Waals surface area contributed by atoms with Crippen molar-refractivity contribution in [1.82, 2.24) is 15.1 Å². The lowest BCUT2D eigenvalue weighted by Gasteiger charge is -2.08. The average molecular weight is 290 g/mol. The van der Waals surface area contributed by atoms with Crippen LogP contribution in [0, 0.1) is 5.82 Å². The summed E-state index contributed by atoms with van der Waals surface area (Å²) in [4.78, 5) is 23.0. The Morgan fingerprint density at radius 2 is 2.14 bits per heavy atom. The molecule has 0 spiro atoms. The van der Waals surface area contributed by atoms with Crippen LogP contribution < -0.4 is 16.2 Å². The first kappa shape index (κ1) is 14.7. The predicted octanol–water partition coefficient (Wildman–Crippen LogP) is 1.59. The van der Waals surface area contributed by atoms with E-state index >= 15 is 0 Å². The Balaban J connectivity index is 1.72. The van der Waals surface area contributed by atoms with Gasteiger partial charge in [-0.2, -0.15) is 5.10 Å². The Morgan fingerprint density at radius 1 is 1.29 bits per heavy atom. The van der Waals surface area contributed by atoms with Gasteiger partial charge < -0.3 is 10.6 Å². The molecule has 0 unspecified atom stereocenters. The fraction of sp³-hybridized carbons (Fsp3) is 0.214. The largest absolute Gasteiger partial charge is 0.338 e. The van der Waals surface area contributed by atoms with E-state index in [-0.39, 0.29) is 5.56 Å². The molecule has 0 aliphatic rings. The number of aryl methyl sites for hydroxylation is 1. The van der Waals surface area contributed by atoms with E-state index in [1.165, 1.54) is 35.1 Å². The number of nitrogens with zero attached hydrogens (tertiary/aromatic N) is 2. The topological polar surface area (TPSA) is 76.0 Å². The van der Waals surface area contributed by atoms with E-state index in [1.807, 2.05) is 0 Å². The van der Waals surface area contributed by atoms with Crippen LogP contribution >= 0.6 is 0 Å². The summed E-state index contributed by atoms with van der Waals surface area (Å²) in [5, 5.41) is 9.05. The third-order valence-electron chi connectivity index (χ3n) is 2.70. The average Bonchev–Trinajstić information content (AvgIpc) is 2.45. The molecule has 0 aliphatic heterocycles. The number of amides is 2. The summed E-state index contributed by atoms with van der Waals surface area (Å²) < 4.78 is 14.3. The van der Waals surface area contributed by atoms with Crippen molar-refractivity contribution < 1.29 is 9.18 Å². The lowest BCUT2D eigenvalue weighted by atomic mass is 10.3. The maximum Gasteiger partial charge on any atom is 0.319 e. The first-order valence-corrected chi connectivity index (χ1v) is 6.48. The van der Waals surface area contributed by atoms with Gasteiger partial charge in [-0.3, -0.25) is 4.79 Å². The quantitative estimate of drug-likeness (QED) is 0.821. The summed E-state index contributed by atoms with van der Waals surface area (Å²) in [5.74, 6) is -0.415. The van der Waals surface area contributed by atoms with Gasteiger partial charge in [0.15, 0.2) is 0 Å². The maximum atomic E-state index is 12.9. The van der Waals surface area contributed by atoms with Crippen molar-refractivity contribution in [3.05, 3.63) is 58.8 Å². The van der Waals surface area contributed by atoms with E-state index in [1.54, 1.807) is 12.1 Å². The summed E-state index contributed by atoms with van der Waals surface area (Å²) in [6, 6.07) is 8.21. The number of carbonyl (C=O) groups excluding carboxylic acids is 1. The second kappa shape index (κ2) is 7.18. The molecule has 1 heterocycles. The van der Waals surface area contributed by atoms with Gasteiger partial charge in [-0.05, 0) is 30.7 Å². The molecule has 2 amide bonds. The number of hydrogen-bond acceptors (Lipinski definition) is 3. The molecule has 6 nitrogen and oxygen atoms in total. The zero-order valence-electron chi connectivity index (χ0n) is 11.3. The van der Waals surface area contributed by atoms with E-state index in [2.05, 4.69) is 15.7 Å². The standard InChI is InChI=1S/C14H15FN4O2/c15-11-4-1-5-12(10-11)18-14(21)16-7-3-9-19-13(20)6-2-8-17-19/h1-2,4-6,8,10H,3,7,9H2,(H2,16,18,21). The lowest BCUT2D eigenvalue weighted by molar-refractivity contribution is 0.251. The Morgan fingerprint density at radius 3 is 2.90 bits per heavy atom. The molecule has 7 heteroatoms. The normalized spacial score (nSPS) is 10.1. The lowest BCUT2D eigenvalue weighted by Crippen LogP contribution is -2.31. The fourth-order valence-electron chi connectivity index (χ4n) is 1.73. The van der Waals surface area contributed by atoms with Crippen LogP contribution in [-0.2, 0) is 6.54 Å². The van der Waals surface area contributed by atoms with Crippen molar-refractivity contribution in [3.63, 3.8) is 0 Å². The Labute approximate surface area is 120 Å². The molecule has 0 radical (unpaired) electrons. The number of aromatic nitrogens is 2. The molecule has 110 valence electrons. The van der Waals surface area contributed by atoms with Crippen LogP contribution in [0.25, 0.3) is 0 Å². The second-order valence-electron chi connectivity index (χ2n) is 4.33. The molecule has 0 saturated carbocycles. The van der Waals surface area contributed by atoms with Gasteiger partial charge in [-0.1, -0.05) is 6.07 Å². The van der Waals surface area contributed by atoms with Crippen molar-refractivity contribution in [2.24, 2.45) is 0 Å². The van der Waals surface area contributed by atoms with Gasteiger partial charge >= 0.3 is 6.03 Å². The summed E-state index contributed by atoms with van der Waals surface area (Å²) in [6.07, 6.45) is 2.10. The summed E-state index contributed by atoms with van der Waals surface area (Å²) in [5.41, 5.74) is 0.204. The fourth-order valence-corrected chi connectivity index (χ4v) is 1.73. The molecule has 1 aromatic heterocycles.